The lowest BCUT2D eigenvalue weighted by atomic mass is 10.2. The van der Waals surface area contributed by atoms with Gasteiger partial charge in [0.25, 0.3) is 11.6 Å². The van der Waals surface area contributed by atoms with Crippen molar-refractivity contribution in [3.05, 3.63) is 63.2 Å². The monoisotopic (exact) mass is 453 g/mol. The summed E-state index contributed by atoms with van der Waals surface area (Å²) in [5.74, 6) is -0.538. The molecular formula is C19H20ClN3O6S. The fraction of sp³-hybridized carbons (Fsp3) is 0.316. The third-order valence-electron chi connectivity index (χ3n) is 4.54. The third-order valence-corrected chi connectivity index (χ3v) is 6.71. The number of ether oxygens (including phenoxy) is 1. The van der Waals surface area contributed by atoms with E-state index in [1.807, 2.05) is 13.8 Å². The minimum Gasteiger partial charge on any atom is -0.373 e. The number of nitro groups is 1. The van der Waals surface area contributed by atoms with Crippen LogP contribution >= 0.6 is 11.6 Å². The highest BCUT2D eigenvalue weighted by molar-refractivity contribution is 7.89. The number of amides is 1. The first-order valence-corrected chi connectivity index (χ1v) is 10.9. The number of nitrogens with one attached hydrogen (secondary N) is 1. The Hall–Kier alpha value is -2.53. The van der Waals surface area contributed by atoms with Crippen molar-refractivity contribution in [1.82, 2.24) is 4.31 Å². The lowest BCUT2D eigenvalue weighted by Gasteiger charge is -2.34. The summed E-state index contributed by atoms with van der Waals surface area (Å²) in [5.41, 5.74) is 0.0734. The number of anilines is 1. The molecule has 0 bridgehead atoms. The molecule has 0 aromatic heterocycles. The van der Waals surface area contributed by atoms with Crippen molar-refractivity contribution >= 4 is 38.9 Å². The molecule has 9 nitrogen and oxygen atoms in total. The first-order chi connectivity index (χ1) is 14.1. The summed E-state index contributed by atoms with van der Waals surface area (Å²) in [6.07, 6.45) is -0.422. The SMILES string of the molecule is CC1CN(S(=O)(=O)c2ccc(C(=O)Nc3ccc(Cl)c([N+](=O)[O-])c3)cc2)CC(C)O1. The Morgan fingerprint density at radius 3 is 2.33 bits per heavy atom. The summed E-state index contributed by atoms with van der Waals surface area (Å²) in [5, 5.41) is 13.5. The normalized spacial score (nSPS) is 20.0. The van der Waals surface area contributed by atoms with E-state index in [0.29, 0.717) is 0 Å². The summed E-state index contributed by atoms with van der Waals surface area (Å²) in [6, 6.07) is 9.40. The summed E-state index contributed by atoms with van der Waals surface area (Å²) in [4.78, 5) is 22.8. The van der Waals surface area contributed by atoms with E-state index in [2.05, 4.69) is 5.32 Å². The second-order valence-corrected chi connectivity index (χ2v) is 9.33. The molecule has 0 radical (unpaired) electrons. The molecule has 1 heterocycles. The minimum absolute atomic E-state index is 0.0423. The number of sulfonamides is 1. The van der Waals surface area contributed by atoms with Crippen molar-refractivity contribution in [3.8, 4) is 0 Å². The highest BCUT2D eigenvalue weighted by Gasteiger charge is 2.32. The summed E-state index contributed by atoms with van der Waals surface area (Å²) in [6.45, 7) is 4.13. The van der Waals surface area contributed by atoms with Gasteiger partial charge in [0.15, 0.2) is 0 Å². The van der Waals surface area contributed by atoms with Crippen molar-refractivity contribution in [2.75, 3.05) is 18.4 Å². The number of rotatable bonds is 5. The average molecular weight is 454 g/mol. The number of halogens is 1. The summed E-state index contributed by atoms with van der Waals surface area (Å²) in [7, 11) is -3.72. The topological polar surface area (TPSA) is 119 Å². The molecule has 1 saturated heterocycles. The molecule has 0 saturated carbocycles. The second-order valence-electron chi connectivity index (χ2n) is 6.98. The fourth-order valence-corrected chi connectivity index (χ4v) is 4.96. The first-order valence-electron chi connectivity index (χ1n) is 9.09. The van der Waals surface area contributed by atoms with Gasteiger partial charge >= 0.3 is 0 Å². The molecule has 0 spiro atoms. The Labute approximate surface area is 178 Å². The van der Waals surface area contributed by atoms with Crippen LogP contribution in [0.1, 0.15) is 24.2 Å². The molecule has 1 aliphatic heterocycles. The molecule has 1 fully saturated rings. The fourth-order valence-electron chi connectivity index (χ4n) is 3.19. The molecular weight excluding hydrogens is 434 g/mol. The maximum Gasteiger partial charge on any atom is 0.289 e. The summed E-state index contributed by atoms with van der Waals surface area (Å²) >= 11 is 5.76. The van der Waals surface area contributed by atoms with E-state index in [0.717, 1.165) is 6.07 Å². The van der Waals surface area contributed by atoms with Crippen molar-refractivity contribution in [2.45, 2.75) is 31.0 Å². The van der Waals surface area contributed by atoms with Gasteiger partial charge in [0, 0.05) is 30.4 Å². The van der Waals surface area contributed by atoms with Crippen LogP contribution in [0.4, 0.5) is 11.4 Å². The standard InChI is InChI=1S/C19H20ClN3O6S/c1-12-10-22(11-13(2)29-12)30(27,28)16-6-3-14(4-7-16)19(24)21-15-5-8-17(20)18(9-15)23(25)26/h3-9,12-13H,10-11H2,1-2H3,(H,21,24). The zero-order chi connectivity index (χ0) is 22.1. The van der Waals surface area contributed by atoms with Gasteiger partial charge in [0.1, 0.15) is 5.02 Å². The number of morpholine rings is 1. The predicted molar refractivity (Wildman–Crippen MR) is 111 cm³/mol. The van der Waals surface area contributed by atoms with Gasteiger partial charge in [-0.2, -0.15) is 4.31 Å². The number of nitro benzene ring substituents is 1. The molecule has 30 heavy (non-hydrogen) atoms. The zero-order valence-corrected chi connectivity index (χ0v) is 17.8. The molecule has 1 aliphatic rings. The molecule has 2 aromatic carbocycles. The number of carbonyl (C=O) groups is 1. The van der Waals surface area contributed by atoms with Crippen LogP contribution in [0.3, 0.4) is 0 Å². The van der Waals surface area contributed by atoms with Gasteiger partial charge in [-0.15, -0.1) is 0 Å². The van der Waals surface area contributed by atoms with Crippen molar-refractivity contribution in [1.29, 1.82) is 0 Å². The van der Waals surface area contributed by atoms with Gasteiger partial charge in [-0.25, -0.2) is 8.42 Å². The van der Waals surface area contributed by atoms with Crippen molar-refractivity contribution < 1.29 is 22.9 Å². The van der Waals surface area contributed by atoms with Gasteiger partial charge in [0.05, 0.1) is 22.0 Å². The van der Waals surface area contributed by atoms with E-state index in [4.69, 9.17) is 16.3 Å². The predicted octanol–water partition coefficient (Wildman–Crippen LogP) is 3.30. The van der Waals surface area contributed by atoms with Crippen LogP contribution in [-0.2, 0) is 14.8 Å². The van der Waals surface area contributed by atoms with Crippen LogP contribution in [0.15, 0.2) is 47.4 Å². The highest BCUT2D eigenvalue weighted by atomic mass is 35.5. The maximum atomic E-state index is 12.9. The Kier molecular flexibility index (Phi) is 6.41. The quantitative estimate of drug-likeness (QED) is 0.548. The third kappa shape index (κ3) is 4.78. The van der Waals surface area contributed by atoms with E-state index in [9.17, 15) is 23.3 Å². The number of hydrogen-bond acceptors (Lipinski definition) is 6. The Morgan fingerprint density at radius 1 is 1.17 bits per heavy atom. The molecule has 0 aliphatic carbocycles. The highest BCUT2D eigenvalue weighted by Crippen LogP contribution is 2.28. The zero-order valence-electron chi connectivity index (χ0n) is 16.2. The molecule has 160 valence electrons. The lowest BCUT2D eigenvalue weighted by Crippen LogP contribution is -2.48. The average Bonchev–Trinajstić information content (AvgIpc) is 2.68. The van der Waals surface area contributed by atoms with E-state index in [-0.39, 0.29) is 52.2 Å². The molecule has 1 amide bonds. The molecule has 1 N–H and O–H groups in total. The largest absolute Gasteiger partial charge is 0.373 e. The molecule has 2 aromatic rings. The molecule has 2 atom stereocenters. The van der Waals surface area contributed by atoms with Crippen LogP contribution in [-0.4, -0.2) is 48.9 Å². The van der Waals surface area contributed by atoms with E-state index < -0.39 is 20.9 Å². The van der Waals surface area contributed by atoms with Crippen LogP contribution in [0, 0.1) is 10.1 Å². The molecule has 2 unspecified atom stereocenters. The smallest absolute Gasteiger partial charge is 0.289 e. The van der Waals surface area contributed by atoms with Gasteiger partial charge in [-0.1, -0.05) is 11.6 Å². The minimum atomic E-state index is -3.72. The number of hydrogen-bond donors (Lipinski definition) is 1. The number of carbonyl (C=O) groups excluding carboxylic acids is 1. The van der Waals surface area contributed by atoms with Gasteiger partial charge in [0.2, 0.25) is 10.0 Å². The van der Waals surface area contributed by atoms with Crippen LogP contribution in [0.25, 0.3) is 0 Å². The summed E-state index contributed by atoms with van der Waals surface area (Å²) < 4.78 is 32.7. The van der Waals surface area contributed by atoms with Gasteiger partial charge in [-0.05, 0) is 50.2 Å². The number of benzene rings is 2. The van der Waals surface area contributed by atoms with E-state index in [1.54, 1.807) is 0 Å². The molecule has 11 heteroatoms. The van der Waals surface area contributed by atoms with E-state index >= 15 is 0 Å². The van der Waals surface area contributed by atoms with Crippen LogP contribution in [0.2, 0.25) is 5.02 Å². The Morgan fingerprint density at radius 2 is 1.77 bits per heavy atom. The van der Waals surface area contributed by atoms with Gasteiger partial charge in [-0.3, -0.25) is 14.9 Å². The van der Waals surface area contributed by atoms with Crippen molar-refractivity contribution in [2.24, 2.45) is 0 Å². The van der Waals surface area contributed by atoms with Crippen LogP contribution in [0.5, 0.6) is 0 Å². The Bertz CT molecular complexity index is 1060. The van der Waals surface area contributed by atoms with Crippen LogP contribution < -0.4 is 5.32 Å². The second kappa shape index (κ2) is 8.68. The first kappa shape index (κ1) is 22.2. The maximum absolute atomic E-state index is 12.9. The van der Waals surface area contributed by atoms with Gasteiger partial charge < -0.3 is 10.1 Å². The van der Waals surface area contributed by atoms with E-state index in [1.165, 1.54) is 40.7 Å². The number of nitrogens with zero attached hydrogens (tertiary/aromatic N) is 2. The lowest BCUT2D eigenvalue weighted by molar-refractivity contribution is -0.384. The van der Waals surface area contributed by atoms with Crippen molar-refractivity contribution in [3.63, 3.8) is 0 Å². The Balaban J connectivity index is 1.76. The molecule has 3 rings (SSSR count).